The zero-order valence-electron chi connectivity index (χ0n) is 7.37. The zero-order valence-corrected chi connectivity index (χ0v) is 9.71. The van der Waals surface area contributed by atoms with E-state index in [2.05, 4.69) is 15.9 Å². The first-order chi connectivity index (χ1) is 7.10. The Morgan fingerprint density at radius 1 is 1.40 bits per heavy atom. The third-order valence-electron chi connectivity index (χ3n) is 1.72. The molecule has 5 heteroatoms. The van der Waals surface area contributed by atoms with E-state index in [4.69, 9.17) is 22.1 Å². The molecule has 0 fully saturated rings. The van der Waals surface area contributed by atoms with Crippen LogP contribution in [0.3, 0.4) is 0 Å². The number of nitrogens with zero attached hydrogens (tertiary/aromatic N) is 2. The van der Waals surface area contributed by atoms with E-state index in [0.29, 0.717) is 15.1 Å². The molecule has 1 aromatic carbocycles. The Morgan fingerprint density at radius 2 is 2.00 bits per heavy atom. The van der Waals surface area contributed by atoms with Gasteiger partial charge in [0.2, 0.25) is 0 Å². The van der Waals surface area contributed by atoms with Crippen LogP contribution in [-0.4, -0.2) is 5.78 Å². The molecule has 0 aliphatic heterocycles. The predicted octanol–water partition coefficient (Wildman–Crippen LogP) is 2.95. The molecule has 0 N–H and O–H groups in total. The average molecular weight is 284 g/mol. The van der Waals surface area contributed by atoms with Crippen LogP contribution in [0, 0.1) is 28.6 Å². The third kappa shape index (κ3) is 2.56. The SMILES string of the molecule is N#CC(C#N)C(=O)c1ccc(Cl)c(Br)c1. The first-order valence-electron chi connectivity index (χ1n) is 3.88. The van der Waals surface area contributed by atoms with Crippen molar-refractivity contribution in [3.8, 4) is 12.1 Å². The predicted molar refractivity (Wildman–Crippen MR) is 58.2 cm³/mol. The molecule has 0 radical (unpaired) electrons. The number of hydrogen-bond acceptors (Lipinski definition) is 3. The highest BCUT2D eigenvalue weighted by Crippen LogP contribution is 2.24. The lowest BCUT2D eigenvalue weighted by molar-refractivity contribution is 0.0971. The summed E-state index contributed by atoms with van der Waals surface area (Å²) in [6.07, 6.45) is 0. The number of Topliss-reactive ketones (excluding diaryl/α,β-unsaturated/α-hetero) is 1. The lowest BCUT2D eigenvalue weighted by Crippen LogP contribution is -2.10. The maximum Gasteiger partial charge on any atom is 0.195 e. The van der Waals surface area contributed by atoms with Gasteiger partial charge in [0.05, 0.1) is 17.2 Å². The van der Waals surface area contributed by atoms with Crippen molar-refractivity contribution in [2.24, 2.45) is 5.92 Å². The Hall–Kier alpha value is -1.36. The third-order valence-corrected chi connectivity index (χ3v) is 2.94. The van der Waals surface area contributed by atoms with E-state index in [1.807, 2.05) is 0 Å². The highest BCUT2D eigenvalue weighted by atomic mass is 79.9. The number of rotatable bonds is 2. The Balaban J connectivity index is 3.09. The van der Waals surface area contributed by atoms with Crippen LogP contribution in [0.4, 0.5) is 0 Å². The van der Waals surface area contributed by atoms with E-state index in [9.17, 15) is 4.79 Å². The van der Waals surface area contributed by atoms with E-state index >= 15 is 0 Å². The minimum absolute atomic E-state index is 0.291. The highest BCUT2D eigenvalue weighted by molar-refractivity contribution is 9.10. The molecule has 3 nitrogen and oxygen atoms in total. The van der Waals surface area contributed by atoms with Gasteiger partial charge in [-0.05, 0) is 34.1 Å². The van der Waals surface area contributed by atoms with Gasteiger partial charge in [-0.15, -0.1) is 0 Å². The summed E-state index contributed by atoms with van der Waals surface area (Å²) in [7, 11) is 0. The van der Waals surface area contributed by atoms with Gasteiger partial charge in [-0.2, -0.15) is 10.5 Å². The lowest BCUT2D eigenvalue weighted by Gasteiger charge is -2.02. The van der Waals surface area contributed by atoms with E-state index in [1.165, 1.54) is 18.2 Å². The molecule has 0 saturated heterocycles. The van der Waals surface area contributed by atoms with Crippen LogP contribution in [-0.2, 0) is 0 Å². The summed E-state index contributed by atoms with van der Waals surface area (Å²) in [5.74, 6) is -1.78. The van der Waals surface area contributed by atoms with Gasteiger partial charge in [0.25, 0.3) is 0 Å². The fourth-order valence-electron chi connectivity index (χ4n) is 0.962. The molecule has 0 atom stereocenters. The van der Waals surface area contributed by atoms with E-state index in [-0.39, 0.29) is 0 Å². The molecule has 0 heterocycles. The second-order valence-electron chi connectivity index (χ2n) is 2.68. The number of nitriles is 2. The summed E-state index contributed by atoms with van der Waals surface area (Å²) in [6.45, 7) is 0. The number of hydrogen-bond donors (Lipinski definition) is 0. The van der Waals surface area contributed by atoms with Crippen LogP contribution in [0.25, 0.3) is 0 Å². The Labute approximate surface area is 100 Å². The molecule has 0 bridgehead atoms. The van der Waals surface area contributed by atoms with Crippen LogP contribution < -0.4 is 0 Å². The zero-order chi connectivity index (χ0) is 11.4. The number of halogens is 2. The van der Waals surface area contributed by atoms with Crippen molar-refractivity contribution in [3.63, 3.8) is 0 Å². The average Bonchev–Trinajstić information content (AvgIpc) is 2.23. The van der Waals surface area contributed by atoms with E-state index in [1.54, 1.807) is 12.1 Å². The van der Waals surface area contributed by atoms with Crippen LogP contribution >= 0.6 is 27.5 Å². The molecule has 0 aromatic heterocycles. The van der Waals surface area contributed by atoms with Crippen LogP contribution in [0.5, 0.6) is 0 Å². The summed E-state index contributed by atoms with van der Waals surface area (Å²) >= 11 is 8.90. The van der Waals surface area contributed by atoms with Crippen molar-refractivity contribution in [3.05, 3.63) is 33.3 Å². The van der Waals surface area contributed by atoms with Gasteiger partial charge < -0.3 is 0 Å². The van der Waals surface area contributed by atoms with Crippen LogP contribution in [0.1, 0.15) is 10.4 Å². The topological polar surface area (TPSA) is 64.7 Å². The van der Waals surface area contributed by atoms with E-state index < -0.39 is 11.7 Å². The van der Waals surface area contributed by atoms with Crippen molar-refractivity contribution in [1.29, 1.82) is 10.5 Å². The number of carbonyl (C=O) groups excluding carboxylic acids is 1. The molecular formula is C10H4BrClN2O. The van der Waals surface area contributed by atoms with Gasteiger partial charge in [-0.3, -0.25) is 4.79 Å². The monoisotopic (exact) mass is 282 g/mol. The molecule has 0 aliphatic carbocycles. The lowest BCUT2D eigenvalue weighted by atomic mass is 10.0. The minimum atomic E-state index is -1.27. The van der Waals surface area contributed by atoms with E-state index in [0.717, 1.165) is 0 Å². The largest absolute Gasteiger partial charge is 0.291 e. The molecule has 15 heavy (non-hydrogen) atoms. The molecular weight excluding hydrogens is 279 g/mol. The second-order valence-corrected chi connectivity index (χ2v) is 3.95. The van der Waals surface area contributed by atoms with Gasteiger partial charge >= 0.3 is 0 Å². The maximum atomic E-state index is 11.6. The Kier molecular flexibility index (Phi) is 3.85. The Morgan fingerprint density at radius 3 is 2.47 bits per heavy atom. The summed E-state index contributed by atoms with van der Waals surface area (Å²) in [5, 5.41) is 17.6. The molecule has 0 amide bonds. The summed E-state index contributed by atoms with van der Waals surface area (Å²) in [6, 6.07) is 7.76. The molecule has 0 saturated carbocycles. The number of carbonyl (C=O) groups is 1. The van der Waals surface area contributed by atoms with Gasteiger partial charge in [0, 0.05) is 10.0 Å². The molecule has 74 valence electrons. The van der Waals surface area contributed by atoms with Crippen LogP contribution in [0.2, 0.25) is 5.02 Å². The van der Waals surface area contributed by atoms with Gasteiger partial charge in [0.1, 0.15) is 0 Å². The van der Waals surface area contributed by atoms with Crippen LogP contribution in [0.15, 0.2) is 22.7 Å². The Bertz CT molecular complexity index is 473. The molecule has 0 unspecified atom stereocenters. The van der Waals surface area contributed by atoms with Crippen molar-refractivity contribution in [2.45, 2.75) is 0 Å². The fourth-order valence-corrected chi connectivity index (χ4v) is 1.46. The van der Waals surface area contributed by atoms with Gasteiger partial charge in [0.15, 0.2) is 11.7 Å². The summed E-state index contributed by atoms with van der Waals surface area (Å²) < 4.78 is 0.560. The first kappa shape index (κ1) is 11.7. The van der Waals surface area contributed by atoms with Crippen molar-refractivity contribution >= 4 is 33.3 Å². The fraction of sp³-hybridized carbons (Fsp3) is 0.100. The first-order valence-corrected chi connectivity index (χ1v) is 5.05. The number of ketones is 1. The van der Waals surface area contributed by atoms with Gasteiger partial charge in [-0.25, -0.2) is 0 Å². The van der Waals surface area contributed by atoms with Crippen molar-refractivity contribution in [1.82, 2.24) is 0 Å². The normalized spacial score (nSPS) is 9.40. The van der Waals surface area contributed by atoms with Crippen molar-refractivity contribution in [2.75, 3.05) is 0 Å². The quantitative estimate of drug-likeness (QED) is 0.784. The smallest absolute Gasteiger partial charge is 0.195 e. The van der Waals surface area contributed by atoms with Gasteiger partial charge in [-0.1, -0.05) is 11.6 Å². The summed E-state index contributed by atoms with van der Waals surface area (Å²) in [4.78, 5) is 11.6. The molecule has 0 spiro atoms. The maximum absolute atomic E-state index is 11.6. The standard InChI is InChI=1S/C10H4BrClN2O/c11-8-3-6(1-2-9(8)12)10(15)7(4-13)5-14/h1-3,7H. The molecule has 1 rings (SSSR count). The minimum Gasteiger partial charge on any atom is -0.291 e. The molecule has 1 aromatic rings. The molecule has 0 aliphatic rings. The van der Waals surface area contributed by atoms with Crippen molar-refractivity contribution < 1.29 is 4.79 Å². The highest BCUT2D eigenvalue weighted by Gasteiger charge is 2.19. The summed E-state index contributed by atoms with van der Waals surface area (Å²) in [5.41, 5.74) is 0.291. The second kappa shape index (κ2) is 4.93. The number of benzene rings is 1.